The number of nitro groups is 1. The summed E-state index contributed by atoms with van der Waals surface area (Å²) in [5, 5.41) is 14.1. The van der Waals surface area contributed by atoms with Gasteiger partial charge in [-0.15, -0.1) is 0 Å². The first kappa shape index (κ1) is 20.4. The van der Waals surface area contributed by atoms with E-state index in [1.165, 1.54) is 18.9 Å². The summed E-state index contributed by atoms with van der Waals surface area (Å²) < 4.78 is 2.03. The van der Waals surface area contributed by atoms with Crippen LogP contribution in [0.5, 0.6) is 0 Å². The Hall–Kier alpha value is -3.51. The van der Waals surface area contributed by atoms with E-state index in [0.717, 1.165) is 34.6 Å². The summed E-state index contributed by atoms with van der Waals surface area (Å²) >= 11 is 0. The highest BCUT2D eigenvalue weighted by Crippen LogP contribution is 2.31. The quantitative estimate of drug-likeness (QED) is 0.242. The fraction of sp³-hybridized carbons (Fsp3) is 0.269. The van der Waals surface area contributed by atoms with Gasteiger partial charge in [0.2, 0.25) is 0 Å². The number of aromatic nitrogens is 1. The van der Waals surface area contributed by atoms with Gasteiger partial charge in [-0.1, -0.05) is 48.9 Å². The van der Waals surface area contributed by atoms with Gasteiger partial charge < -0.3 is 9.47 Å². The first-order valence-electron chi connectivity index (χ1n) is 11.0. The molecule has 162 valence electrons. The van der Waals surface area contributed by atoms with Crippen molar-refractivity contribution in [2.45, 2.75) is 31.8 Å². The lowest BCUT2D eigenvalue weighted by atomic mass is 9.97. The molecule has 1 saturated heterocycles. The Labute approximate surface area is 186 Å². The lowest BCUT2D eigenvalue weighted by Crippen LogP contribution is -2.39. The van der Waals surface area contributed by atoms with Crippen LogP contribution in [0.4, 0.5) is 5.69 Å². The largest absolute Gasteiger partial charge is 0.345 e. The molecule has 1 aliphatic rings. The topological polar surface area (TPSA) is 68.4 Å². The number of nitro benzene ring substituents is 1. The number of likely N-dealkylation sites (N-methyl/N-ethyl adjacent to an activating group) is 1. The number of hydrogen-bond acceptors (Lipinski definition) is 4. The molecule has 1 unspecified atom stereocenters. The summed E-state index contributed by atoms with van der Waals surface area (Å²) in [5.41, 5.74) is 2.01. The molecule has 6 heteroatoms. The third kappa shape index (κ3) is 3.56. The van der Waals surface area contributed by atoms with Crippen molar-refractivity contribution in [3.05, 3.63) is 88.1 Å². The monoisotopic (exact) mass is 427 g/mol. The summed E-state index contributed by atoms with van der Waals surface area (Å²) in [6.07, 6.45) is 5.34. The summed E-state index contributed by atoms with van der Waals surface area (Å²) in [6.45, 7) is 1.75. The van der Waals surface area contributed by atoms with E-state index >= 15 is 0 Å². The zero-order valence-electron chi connectivity index (χ0n) is 18.0. The molecule has 1 fully saturated rings. The average molecular weight is 428 g/mol. The van der Waals surface area contributed by atoms with Crippen molar-refractivity contribution in [3.63, 3.8) is 0 Å². The lowest BCUT2D eigenvalue weighted by molar-refractivity contribution is -0.384. The van der Waals surface area contributed by atoms with Crippen molar-refractivity contribution in [2.75, 3.05) is 13.6 Å². The lowest BCUT2D eigenvalue weighted by Gasteiger charge is -2.32. The van der Waals surface area contributed by atoms with Gasteiger partial charge in [0.05, 0.1) is 10.4 Å². The maximum atomic E-state index is 13.7. The Balaban J connectivity index is 1.64. The van der Waals surface area contributed by atoms with Crippen LogP contribution >= 0.6 is 0 Å². The Bertz CT molecular complexity index is 1340. The number of rotatable bonds is 5. The van der Waals surface area contributed by atoms with E-state index in [9.17, 15) is 14.9 Å². The number of piperidine rings is 1. The number of likely N-dealkylation sites (tertiary alicyclic amines) is 1. The molecule has 6 nitrogen and oxygen atoms in total. The van der Waals surface area contributed by atoms with Gasteiger partial charge in [0, 0.05) is 47.4 Å². The van der Waals surface area contributed by atoms with Crippen molar-refractivity contribution in [3.8, 4) is 0 Å². The van der Waals surface area contributed by atoms with Crippen LogP contribution in [0.3, 0.4) is 0 Å². The van der Waals surface area contributed by atoms with E-state index < -0.39 is 0 Å². The molecule has 0 amide bonds. The summed E-state index contributed by atoms with van der Waals surface area (Å²) in [7, 11) is 2.13. The SMILES string of the molecule is CN1CCCCC1Cn1cc(C(=O)c2cccc3ccccc23)c2ccc([N+](=O)[O-])cc21. The fourth-order valence-electron chi connectivity index (χ4n) is 4.90. The van der Waals surface area contributed by atoms with Crippen molar-refractivity contribution < 1.29 is 9.72 Å². The van der Waals surface area contributed by atoms with Crippen LogP contribution < -0.4 is 0 Å². The van der Waals surface area contributed by atoms with Crippen LogP contribution in [0.1, 0.15) is 35.2 Å². The molecule has 0 bridgehead atoms. The van der Waals surface area contributed by atoms with Gasteiger partial charge in [-0.3, -0.25) is 14.9 Å². The summed E-state index contributed by atoms with van der Waals surface area (Å²) in [5.74, 6) is -0.0589. The molecule has 3 aromatic carbocycles. The summed E-state index contributed by atoms with van der Waals surface area (Å²) in [6, 6.07) is 18.7. The first-order chi connectivity index (χ1) is 15.5. The minimum Gasteiger partial charge on any atom is -0.345 e. The van der Waals surface area contributed by atoms with Crippen LogP contribution in [0, 0.1) is 10.1 Å². The number of carbonyl (C=O) groups excluding carboxylic acids is 1. The van der Waals surface area contributed by atoms with Crippen molar-refractivity contribution in [2.24, 2.45) is 0 Å². The third-order valence-corrected chi connectivity index (χ3v) is 6.68. The second kappa shape index (κ2) is 8.20. The molecule has 4 aromatic rings. The number of hydrogen-bond donors (Lipinski definition) is 0. The van der Waals surface area contributed by atoms with E-state index in [-0.39, 0.29) is 16.4 Å². The number of benzene rings is 3. The van der Waals surface area contributed by atoms with Crippen LogP contribution in [0.2, 0.25) is 0 Å². The van der Waals surface area contributed by atoms with Gasteiger partial charge in [-0.25, -0.2) is 0 Å². The number of non-ortho nitro benzene ring substituents is 1. The number of ketones is 1. The van der Waals surface area contributed by atoms with Crippen LogP contribution in [0.25, 0.3) is 21.7 Å². The predicted molar refractivity (Wildman–Crippen MR) is 126 cm³/mol. The highest BCUT2D eigenvalue weighted by atomic mass is 16.6. The molecular formula is C26H25N3O3. The maximum Gasteiger partial charge on any atom is 0.271 e. The molecule has 1 aliphatic heterocycles. The number of nitrogens with zero attached hydrogens (tertiary/aromatic N) is 3. The van der Waals surface area contributed by atoms with Crippen molar-refractivity contribution >= 4 is 33.1 Å². The minimum absolute atomic E-state index is 0.0398. The van der Waals surface area contributed by atoms with Gasteiger partial charge in [0.25, 0.3) is 5.69 Å². The van der Waals surface area contributed by atoms with Crippen LogP contribution in [-0.4, -0.2) is 39.8 Å². The van der Waals surface area contributed by atoms with E-state index in [0.29, 0.717) is 23.7 Å². The maximum absolute atomic E-state index is 13.7. The Morgan fingerprint density at radius 1 is 1.03 bits per heavy atom. The average Bonchev–Trinajstić information content (AvgIpc) is 3.17. The van der Waals surface area contributed by atoms with Crippen LogP contribution in [-0.2, 0) is 6.54 Å². The highest BCUT2D eigenvalue weighted by molar-refractivity contribution is 6.21. The molecule has 0 saturated carbocycles. The van der Waals surface area contributed by atoms with Gasteiger partial charge in [-0.2, -0.15) is 0 Å². The number of carbonyl (C=O) groups is 1. The Morgan fingerprint density at radius 3 is 2.66 bits per heavy atom. The molecule has 0 N–H and O–H groups in total. The predicted octanol–water partition coefficient (Wildman–Crippen LogP) is 5.42. The van der Waals surface area contributed by atoms with E-state index in [4.69, 9.17) is 0 Å². The van der Waals surface area contributed by atoms with Gasteiger partial charge in [0.15, 0.2) is 5.78 Å². The normalized spacial score (nSPS) is 17.1. The van der Waals surface area contributed by atoms with Gasteiger partial charge in [-0.05, 0) is 43.3 Å². The van der Waals surface area contributed by atoms with Crippen molar-refractivity contribution in [1.29, 1.82) is 0 Å². The zero-order chi connectivity index (χ0) is 22.2. The van der Waals surface area contributed by atoms with E-state index in [1.807, 2.05) is 53.2 Å². The molecule has 0 aliphatic carbocycles. The Kier molecular flexibility index (Phi) is 5.23. The fourth-order valence-corrected chi connectivity index (χ4v) is 4.90. The molecule has 32 heavy (non-hydrogen) atoms. The minimum atomic E-state index is -0.379. The first-order valence-corrected chi connectivity index (χ1v) is 11.0. The van der Waals surface area contributed by atoms with E-state index in [2.05, 4.69) is 11.9 Å². The molecule has 5 rings (SSSR count). The summed E-state index contributed by atoms with van der Waals surface area (Å²) in [4.78, 5) is 27.1. The van der Waals surface area contributed by atoms with E-state index in [1.54, 1.807) is 12.1 Å². The molecule has 1 aromatic heterocycles. The standard InChI is InChI=1S/C26H25N3O3/c1-27-14-5-4-9-20(27)16-28-17-24(22-13-12-19(29(31)32)15-25(22)28)26(30)23-11-6-8-18-7-2-3-10-21(18)23/h2-3,6-8,10-13,15,17,20H,4-5,9,14,16H2,1H3. The smallest absolute Gasteiger partial charge is 0.271 e. The highest BCUT2D eigenvalue weighted by Gasteiger charge is 2.24. The molecule has 2 heterocycles. The van der Waals surface area contributed by atoms with Crippen LogP contribution in [0.15, 0.2) is 66.9 Å². The molecular weight excluding hydrogens is 402 g/mol. The second-order valence-electron chi connectivity index (χ2n) is 8.64. The molecule has 0 radical (unpaired) electrons. The van der Waals surface area contributed by atoms with Gasteiger partial charge in [0.1, 0.15) is 0 Å². The zero-order valence-corrected chi connectivity index (χ0v) is 18.0. The van der Waals surface area contributed by atoms with Crippen molar-refractivity contribution in [1.82, 2.24) is 9.47 Å². The third-order valence-electron chi connectivity index (χ3n) is 6.68. The Morgan fingerprint density at radius 2 is 1.84 bits per heavy atom. The van der Waals surface area contributed by atoms with Gasteiger partial charge >= 0.3 is 0 Å². The molecule has 1 atom stereocenters. The number of fused-ring (bicyclic) bond motifs is 2. The second-order valence-corrected chi connectivity index (χ2v) is 8.64. The molecule has 0 spiro atoms.